The molecule has 1 fully saturated rings. The SMILES string of the molecule is CN1CCN([C@H](CN)c2ccc(Cl)cc2)CC1. The molecular formula is C13H20ClN3. The maximum absolute atomic E-state index is 5.92. The average molecular weight is 254 g/mol. The van der Waals surface area contributed by atoms with Gasteiger partial charge in [0, 0.05) is 43.8 Å². The van der Waals surface area contributed by atoms with E-state index in [1.165, 1.54) is 5.56 Å². The topological polar surface area (TPSA) is 32.5 Å². The summed E-state index contributed by atoms with van der Waals surface area (Å²) in [6.45, 7) is 5.06. The molecule has 0 aromatic heterocycles. The molecule has 2 rings (SSSR count). The van der Waals surface area contributed by atoms with Crippen LogP contribution >= 0.6 is 11.6 Å². The van der Waals surface area contributed by atoms with Gasteiger partial charge in [-0.3, -0.25) is 4.90 Å². The van der Waals surface area contributed by atoms with Gasteiger partial charge < -0.3 is 10.6 Å². The Morgan fingerprint density at radius 2 is 1.76 bits per heavy atom. The van der Waals surface area contributed by atoms with Gasteiger partial charge in [-0.25, -0.2) is 0 Å². The molecule has 1 aromatic carbocycles. The molecule has 1 atom stereocenters. The number of nitrogens with zero attached hydrogens (tertiary/aromatic N) is 2. The lowest BCUT2D eigenvalue weighted by Gasteiger charge is -2.37. The van der Waals surface area contributed by atoms with Crippen LogP contribution in [0.15, 0.2) is 24.3 Å². The van der Waals surface area contributed by atoms with Crippen molar-refractivity contribution in [2.45, 2.75) is 6.04 Å². The highest BCUT2D eigenvalue weighted by Gasteiger charge is 2.22. The first-order chi connectivity index (χ1) is 8.20. The summed E-state index contributed by atoms with van der Waals surface area (Å²) in [4.78, 5) is 4.81. The number of likely N-dealkylation sites (N-methyl/N-ethyl adjacent to an activating group) is 1. The molecule has 17 heavy (non-hydrogen) atoms. The molecule has 1 aliphatic rings. The number of hydrogen-bond acceptors (Lipinski definition) is 3. The molecular weight excluding hydrogens is 234 g/mol. The zero-order chi connectivity index (χ0) is 12.3. The van der Waals surface area contributed by atoms with E-state index in [4.69, 9.17) is 17.3 Å². The number of halogens is 1. The molecule has 2 N–H and O–H groups in total. The van der Waals surface area contributed by atoms with Crippen molar-refractivity contribution in [2.75, 3.05) is 39.8 Å². The quantitative estimate of drug-likeness (QED) is 0.888. The Morgan fingerprint density at radius 3 is 2.29 bits per heavy atom. The van der Waals surface area contributed by atoms with E-state index in [-0.39, 0.29) is 0 Å². The molecule has 4 heteroatoms. The second-order valence-electron chi connectivity index (χ2n) is 4.64. The summed E-state index contributed by atoms with van der Waals surface area (Å²) >= 11 is 5.91. The highest BCUT2D eigenvalue weighted by molar-refractivity contribution is 6.30. The van der Waals surface area contributed by atoms with Crippen LogP contribution in [0, 0.1) is 0 Å². The smallest absolute Gasteiger partial charge is 0.0471 e. The Kier molecular flexibility index (Phi) is 4.40. The van der Waals surface area contributed by atoms with Crippen molar-refractivity contribution < 1.29 is 0 Å². The van der Waals surface area contributed by atoms with Crippen molar-refractivity contribution in [1.29, 1.82) is 0 Å². The van der Waals surface area contributed by atoms with E-state index >= 15 is 0 Å². The summed E-state index contributed by atoms with van der Waals surface area (Å²) < 4.78 is 0. The van der Waals surface area contributed by atoms with Crippen molar-refractivity contribution in [2.24, 2.45) is 5.73 Å². The van der Waals surface area contributed by atoms with E-state index in [0.29, 0.717) is 12.6 Å². The van der Waals surface area contributed by atoms with Crippen molar-refractivity contribution >= 4 is 11.6 Å². The molecule has 94 valence electrons. The number of rotatable bonds is 3. The molecule has 0 bridgehead atoms. The standard InChI is InChI=1S/C13H20ClN3/c1-16-6-8-17(9-7-16)13(10-15)11-2-4-12(14)5-3-11/h2-5,13H,6-10,15H2,1H3/t13-/m1/s1. The van der Waals surface area contributed by atoms with Crippen LogP contribution in [0.4, 0.5) is 0 Å². The van der Waals surface area contributed by atoms with Crippen molar-refractivity contribution in [1.82, 2.24) is 9.80 Å². The van der Waals surface area contributed by atoms with E-state index < -0.39 is 0 Å². The predicted octanol–water partition coefficient (Wildman–Crippen LogP) is 1.59. The van der Waals surface area contributed by atoms with Crippen LogP contribution in [-0.2, 0) is 0 Å². The lowest BCUT2D eigenvalue weighted by atomic mass is 10.0. The second-order valence-corrected chi connectivity index (χ2v) is 5.08. The molecule has 0 saturated carbocycles. The van der Waals surface area contributed by atoms with Crippen LogP contribution in [0.3, 0.4) is 0 Å². The van der Waals surface area contributed by atoms with Crippen LogP contribution in [0.2, 0.25) is 5.02 Å². The predicted molar refractivity (Wildman–Crippen MR) is 72.3 cm³/mol. The summed E-state index contributed by atoms with van der Waals surface area (Å²) in [5.74, 6) is 0. The summed E-state index contributed by atoms with van der Waals surface area (Å²) in [7, 11) is 2.16. The summed E-state index contributed by atoms with van der Waals surface area (Å²) in [5.41, 5.74) is 7.19. The average Bonchev–Trinajstić information content (AvgIpc) is 2.35. The minimum absolute atomic E-state index is 0.320. The van der Waals surface area contributed by atoms with Gasteiger partial charge >= 0.3 is 0 Å². The monoisotopic (exact) mass is 253 g/mol. The maximum Gasteiger partial charge on any atom is 0.0471 e. The van der Waals surface area contributed by atoms with Gasteiger partial charge in [0.2, 0.25) is 0 Å². The lowest BCUT2D eigenvalue weighted by Crippen LogP contribution is -2.47. The van der Waals surface area contributed by atoms with E-state index in [9.17, 15) is 0 Å². The molecule has 0 radical (unpaired) electrons. The fourth-order valence-corrected chi connectivity index (χ4v) is 2.44. The van der Waals surface area contributed by atoms with Crippen LogP contribution in [0.1, 0.15) is 11.6 Å². The molecule has 0 unspecified atom stereocenters. The van der Waals surface area contributed by atoms with Crippen LogP contribution in [-0.4, -0.2) is 49.6 Å². The van der Waals surface area contributed by atoms with Crippen LogP contribution in [0.5, 0.6) is 0 Å². The summed E-state index contributed by atoms with van der Waals surface area (Å²) in [6, 6.07) is 8.36. The van der Waals surface area contributed by atoms with Crippen LogP contribution in [0.25, 0.3) is 0 Å². The first-order valence-corrected chi connectivity index (χ1v) is 6.46. The second kappa shape index (κ2) is 5.83. The third kappa shape index (κ3) is 3.19. The van der Waals surface area contributed by atoms with Gasteiger partial charge in [0.15, 0.2) is 0 Å². The number of nitrogens with two attached hydrogens (primary N) is 1. The number of benzene rings is 1. The van der Waals surface area contributed by atoms with Gasteiger partial charge in [0.25, 0.3) is 0 Å². The summed E-state index contributed by atoms with van der Waals surface area (Å²) in [6.07, 6.45) is 0. The Labute approximate surface area is 108 Å². The van der Waals surface area contributed by atoms with Crippen molar-refractivity contribution in [3.63, 3.8) is 0 Å². The molecule has 0 aliphatic carbocycles. The molecule has 0 spiro atoms. The van der Waals surface area contributed by atoms with E-state index in [1.807, 2.05) is 12.1 Å². The number of piperazine rings is 1. The Hall–Kier alpha value is -0.610. The molecule has 1 aliphatic heterocycles. The van der Waals surface area contributed by atoms with Gasteiger partial charge in [0.05, 0.1) is 0 Å². The van der Waals surface area contributed by atoms with Crippen molar-refractivity contribution in [3.8, 4) is 0 Å². The zero-order valence-electron chi connectivity index (χ0n) is 10.3. The molecule has 1 heterocycles. The minimum Gasteiger partial charge on any atom is -0.329 e. The van der Waals surface area contributed by atoms with Gasteiger partial charge in [-0.2, -0.15) is 0 Å². The third-order valence-corrected chi connectivity index (χ3v) is 3.71. The van der Waals surface area contributed by atoms with Crippen molar-refractivity contribution in [3.05, 3.63) is 34.9 Å². The lowest BCUT2D eigenvalue weighted by molar-refractivity contribution is 0.114. The first kappa shape index (κ1) is 12.8. The molecule has 1 saturated heterocycles. The Morgan fingerprint density at radius 1 is 1.18 bits per heavy atom. The van der Waals surface area contributed by atoms with Gasteiger partial charge in [0.1, 0.15) is 0 Å². The fourth-order valence-electron chi connectivity index (χ4n) is 2.31. The minimum atomic E-state index is 0.320. The maximum atomic E-state index is 5.92. The van der Waals surface area contributed by atoms with E-state index in [0.717, 1.165) is 31.2 Å². The van der Waals surface area contributed by atoms with Gasteiger partial charge in [-0.15, -0.1) is 0 Å². The third-order valence-electron chi connectivity index (χ3n) is 3.46. The van der Waals surface area contributed by atoms with E-state index in [1.54, 1.807) is 0 Å². The molecule has 0 amide bonds. The van der Waals surface area contributed by atoms with Gasteiger partial charge in [-0.05, 0) is 24.7 Å². The number of hydrogen-bond donors (Lipinski definition) is 1. The highest BCUT2D eigenvalue weighted by atomic mass is 35.5. The summed E-state index contributed by atoms with van der Waals surface area (Å²) in [5, 5.41) is 0.780. The first-order valence-electron chi connectivity index (χ1n) is 6.09. The Balaban J connectivity index is 2.08. The van der Waals surface area contributed by atoms with Gasteiger partial charge in [-0.1, -0.05) is 23.7 Å². The zero-order valence-corrected chi connectivity index (χ0v) is 11.0. The largest absolute Gasteiger partial charge is 0.329 e. The fraction of sp³-hybridized carbons (Fsp3) is 0.538. The van der Waals surface area contributed by atoms with E-state index in [2.05, 4.69) is 29.0 Å². The normalized spacial score (nSPS) is 20.4. The molecule has 3 nitrogen and oxygen atoms in total. The molecule has 1 aromatic rings. The highest BCUT2D eigenvalue weighted by Crippen LogP contribution is 2.22. The Bertz CT molecular complexity index is 344. The van der Waals surface area contributed by atoms with Crippen LogP contribution < -0.4 is 5.73 Å².